The molecule has 2 rings (SSSR count). The van der Waals surface area contributed by atoms with Crippen molar-refractivity contribution in [1.29, 1.82) is 0 Å². The maximum absolute atomic E-state index is 11.6. The van der Waals surface area contributed by atoms with Crippen molar-refractivity contribution in [3.63, 3.8) is 0 Å². The van der Waals surface area contributed by atoms with E-state index in [-0.39, 0.29) is 5.91 Å². The van der Waals surface area contributed by atoms with E-state index in [0.29, 0.717) is 17.3 Å². The van der Waals surface area contributed by atoms with Crippen molar-refractivity contribution in [1.82, 2.24) is 4.98 Å². The van der Waals surface area contributed by atoms with Crippen molar-refractivity contribution < 1.29 is 19.4 Å². The summed E-state index contributed by atoms with van der Waals surface area (Å²) in [7, 11) is 0. The van der Waals surface area contributed by atoms with Crippen molar-refractivity contribution in [2.75, 3.05) is 10.2 Å². The van der Waals surface area contributed by atoms with Gasteiger partial charge in [-0.25, -0.2) is 9.78 Å². The van der Waals surface area contributed by atoms with Gasteiger partial charge in [0.25, 0.3) is 5.91 Å². The summed E-state index contributed by atoms with van der Waals surface area (Å²) in [6, 6.07) is 1.55. The number of aromatic nitrogens is 1. The molecule has 0 spiro atoms. The molecule has 20 heavy (non-hydrogen) atoms. The van der Waals surface area contributed by atoms with Crippen LogP contribution in [0.1, 0.15) is 27.7 Å². The van der Waals surface area contributed by atoms with E-state index in [1.165, 1.54) is 11.1 Å². The second kappa shape index (κ2) is 4.66. The number of carbonyl (C=O) groups is 2. The van der Waals surface area contributed by atoms with E-state index < -0.39 is 17.7 Å². The maximum atomic E-state index is 11.6. The average Bonchev–Trinajstić information content (AvgIpc) is 2.28. The minimum atomic E-state index is -1.09. The number of fused-ring (bicyclic) bond motifs is 1. The summed E-state index contributed by atoms with van der Waals surface area (Å²) in [4.78, 5) is 28.2. The SMILES string of the molecule is CC1Oc2ncc(N(C(=O)O)C(C)(C)C)cc2NC1=O. The number of nitrogens with one attached hydrogen (secondary N) is 1. The molecule has 1 atom stereocenters. The van der Waals surface area contributed by atoms with E-state index in [9.17, 15) is 14.7 Å². The summed E-state index contributed by atoms with van der Waals surface area (Å²) >= 11 is 0. The van der Waals surface area contributed by atoms with E-state index >= 15 is 0 Å². The van der Waals surface area contributed by atoms with Crippen molar-refractivity contribution >= 4 is 23.4 Å². The van der Waals surface area contributed by atoms with Gasteiger partial charge >= 0.3 is 6.09 Å². The van der Waals surface area contributed by atoms with Crippen molar-refractivity contribution in [2.24, 2.45) is 0 Å². The summed E-state index contributed by atoms with van der Waals surface area (Å²) in [6.07, 6.45) is -0.280. The van der Waals surface area contributed by atoms with Crippen LogP contribution in [0.15, 0.2) is 12.3 Å². The molecule has 7 nitrogen and oxygen atoms in total. The zero-order valence-corrected chi connectivity index (χ0v) is 11.8. The zero-order chi connectivity index (χ0) is 15.1. The van der Waals surface area contributed by atoms with Crippen LogP contribution in [0.3, 0.4) is 0 Å². The van der Waals surface area contributed by atoms with Gasteiger partial charge in [0.2, 0.25) is 5.88 Å². The molecule has 0 fully saturated rings. The van der Waals surface area contributed by atoms with Crippen LogP contribution in [0, 0.1) is 0 Å². The fourth-order valence-corrected chi connectivity index (χ4v) is 1.99. The van der Waals surface area contributed by atoms with Crippen LogP contribution in [0.2, 0.25) is 0 Å². The number of amides is 2. The van der Waals surface area contributed by atoms with Gasteiger partial charge in [-0.2, -0.15) is 0 Å². The maximum Gasteiger partial charge on any atom is 0.412 e. The van der Waals surface area contributed by atoms with Crippen LogP contribution in [-0.2, 0) is 4.79 Å². The lowest BCUT2D eigenvalue weighted by molar-refractivity contribution is -0.122. The molecule has 1 aliphatic heterocycles. The first-order valence-electron chi connectivity index (χ1n) is 6.21. The van der Waals surface area contributed by atoms with Crippen molar-refractivity contribution in [3.05, 3.63) is 12.3 Å². The van der Waals surface area contributed by atoms with Crippen molar-refractivity contribution in [2.45, 2.75) is 39.3 Å². The summed E-state index contributed by atoms with van der Waals surface area (Å²) in [5, 5.41) is 12.0. The lowest BCUT2D eigenvalue weighted by Gasteiger charge is -2.33. The molecule has 0 aliphatic carbocycles. The minimum Gasteiger partial charge on any atom is -0.465 e. The highest BCUT2D eigenvalue weighted by Crippen LogP contribution is 2.33. The Bertz CT molecular complexity index is 565. The highest BCUT2D eigenvalue weighted by molar-refractivity contribution is 5.98. The quantitative estimate of drug-likeness (QED) is 0.821. The number of anilines is 2. The molecule has 2 amide bonds. The smallest absolute Gasteiger partial charge is 0.412 e. The molecule has 0 bridgehead atoms. The molecule has 1 aliphatic rings. The van der Waals surface area contributed by atoms with Gasteiger partial charge in [0.15, 0.2) is 6.10 Å². The summed E-state index contributed by atoms with van der Waals surface area (Å²) in [5.74, 6) is 0.00850. The topological polar surface area (TPSA) is 91.8 Å². The number of pyridine rings is 1. The molecule has 0 aromatic carbocycles. The van der Waals surface area contributed by atoms with Crippen LogP contribution < -0.4 is 15.0 Å². The normalized spacial score (nSPS) is 17.8. The van der Waals surface area contributed by atoms with Crippen LogP contribution in [0.25, 0.3) is 0 Å². The monoisotopic (exact) mass is 279 g/mol. The van der Waals surface area contributed by atoms with E-state index in [1.54, 1.807) is 33.8 Å². The minimum absolute atomic E-state index is 0.283. The average molecular weight is 279 g/mol. The summed E-state index contributed by atoms with van der Waals surface area (Å²) < 4.78 is 5.34. The lowest BCUT2D eigenvalue weighted by Crippen LogP contribution is -2.45. The van der Waals surface area contributed by atoms with Gasteiger partial charge in [-0.05, 0) is 33.8 Å². The van der Waals surface area contributed by atoms with Gasteiger partial charge in [-0.1, -0.05) is 0 Å². The summed E-state index contributed by atoms with van der Waals surface area (Å²) in [6.45, 7) is 6.94. The molecule has 0 saturated carbocycles. The number of carboxylic acid groups (broad SMARTS) is 1. The lowest BCUT2D eigenvalue weighted by atomic mass is 10.1. The zero-order valence-electron chi connectivity index (χ0n) is 11.8. The molecule has 7 heteroatoms. The second-order valence-corrected chi connectivity index (χ2v) is 5.58. The molecular formula is C13H17N3O4. The predicted molar refractivity (Wildman–Crippen MR) is 73.2 cm³/mol. The predicted octanol–water partition coefficient (Wildman–Crippen LogP) is 2.08. The Labute approximate surface area is 116 Å². The highest BCUT2D eigenvalue weighted by atomic mass is 16.5. The molecule has 1 aromatic rings. The van der Waals surface area contributed by atoms with Crippen LogP contribution in [0.4, 0.5) is 16.2 Å². The van der Waals surface area contributed by atoms with Gasteiger partial charge in [-0.15, -0.1) is 0 Å². The van der Waals surface area contributed by atoms with E-state index in [2.05, 4.69) is 10.3 Å². The fraction of sp³-hybridized carbons (Fsp3) is 0.462. The number of carbonyl (C=O) groups excluding carboxylic acids is 1. The third-order valence-electron chi connectivity index (χ3n) is 2.87. The highest BCUT2D eigenvalue weighted by Gasteiger charge is 2.31. The molecule has 0 saturated heterocycles. The Kier molecular flexibility index (Phi) is 3.29. The van der Waals surface area contributed by atoms with Gasteiger partial charge in [0.05, 0.1) is 11.9 Å². The van der Waals surface area contributed by atoms with E-state index in [1.807, 2.05) is 0 Å². The second-order valence-electron chi connectivity index (χ2n) is 5.58. The van der Waals surface area contributed by atoms with E-state index in [0.717, 1.165) is 0 Å². The molecule has 108 valence electrons. The first kappa shape index (κ1) is 14.1. The van der Waals surface area contributed by atoms with Gasteiger partial charge in [0, 0.05) is 5.54 Å². The van der Waals surface area contributed by atoms with Gasteiger partial charge in [0.1, 0.15) is 5.69 Å². The molecule has 2 heterocycles. The Morgan fingerprint density at radius 3 is 2.70 bits per heavy atom. The molecule has 0 radical (unpaired) electrons. The number of ether oxygens (including phenoxy) is 1. The van der Waals surface area contributed by atoms with Crippen LogP contribution >= 0.6 is 0 Å². The fourth-order valence-electron chi connectivity index (χ4n) is 1.99. The van der Waals surface area contributed by atoms with Crippen LogP contribution in [-0.4, -0.2) is 33.7 Å². The Hall–Kier alpha value is -2.31. The Morgan fingerprint density at radius 1 is 1.50 bits per heavy atom. The largest absolute Gasteiger partial charge is 0.465 e. The van der Waals surface area contributed by atoms with Gasteiger partial charge < -0.3 is 15.2 Å². The number of hydrogen-bond donors (Lipinski definition) is 2. The number of nitrogens with zero attached hydrogens (tertiary/aromatic N) is 2. The molecule has 2 N–H and O–H groups in total. The van der Waals surface area contributed by atoms with Crippen molar-refractivity contribution in [3.8, 4) is 5.88 Å². The summed E-state index contributed by atoms with van der Waals surface area (Å²) in [5.41, 5.74) is 0.123. The first-order valence-corrected chi connectivity index (χ1v) is 6.21. The number of rotatable bonds is 1. The first-order chi connectivity index (χ1) is 9.20. The Morgan fingerprint density at radius 2 is 2.15 bits per heavy atom. The molecule has 1 unspecified atom stereocenters. The molecular weight excluding hydrogens is 262 g/mol. The molecule has 1 aromatic heterocycles. The van der Waals surface area contributed by atoms with Crippen LogP contribution in [0.5, 0.6) is 5.88 Å². The van der Waals surface area contributed by atoms with E-state index in [4.69, 9.17) is 4.74 Å². The third kappa shape index (κ3) is 2.52. The Balaban J connectivity index is 2.43. The standard InChI is InChI=1S/C13H17N3O4/c1-7-10(17)15-9-5-8(6-14-11(9)20-7)16(12(18)19)13(2,3)4/h5-7H,1-4H3,(H,15,17)(H,18,19). The number of hydrogen-bond acceptors (Lipinski definition) is 4. The third-order valence-corrected chi connectivity index (χ3v) is 2.87. The van der Waals surface area contributed by atoms with Gasteiger partial charge in [-0.3, -0.25) is 9.69 Å².